The van der Waals surface area contributed by atoms with Gasteiger partial charge >= 0.3 is 0 Å². The highest BCUT2D eigenvalue weighted by atomic mass is 16.3. The van der Waals surface area contributed by atoms with Crippen LogP contribution < -0.4 is 0 Å². The third kappa shape index (κ3) is 3.79. The van der Waals surface area contributed by atoms with E-state index in [9.17, 15) is 0 Å². The van der Waals surface area contributed by atoms with Crippen LogP contribution >= 0.6 is 0 Å². The molecular formula is C42H26O. The van der Waals surface area contributed by atoms with E-state index in [1.54, 1.807) is 0 Å². The molecule has 0 unspecified atom stereocenters. The largest absolute Gasteiger partial charge is 0.456 e. The van der Waals surface area contributed by atoms with Gasteiger partial charge in [-0.15, -0.1) is 0 Å². The van der Waals surface area contributed by atoms with Crippen LogP contribution in [0.1, 0.15) is 0 Å². The molecule has 0 atom stereocenters. The number of para-hydroxylation sites is 1. The molecule has 43 heavy (non-hydrogen) atoms. The highest BCUT2D eigenvalue weighted by Gasteiger charge is 2.16. The summed E-state index contributed by atoms with van der Waals surface area (Å²) >= 11 is 0. The van der Waals surface area contributed by atoms with E-state index in [1.807, 2.05) is 12.1 Å². The summed E-state index contributed by atoms with van der Waals surface area (Å²) < 4.78 is 6.12. The van der Waals surface area contributed by atoms with E-state index in [4.69, 9.17) is 4.42 Å². The predicted octanol–water partition coefficient (Wildman–Crippen LogP) is 12.0. The van der Waals surface area contributed by atoms with Gasteiger partial charge in [0.2, 0.25) is 0 Å². The second kappa shape index (κ2) is 9.44. The summed E-state index contributed by atoms with van der Waals surface area (Å²) in [6.07, 6.45) is 0. The molecule has 0 N–H and O–H groups in total. The zero-order chi connectivity index (χ0) is 28.3. The maximum atomic E-state index is 6.12. The lowest BCUT2D eigenvalue weighted by Crippen LogP contribution is -1.90. The van der Waals surface area contributed by atoms with Crippen LogP contribution in [0.25, 0.3) is 87.6 Å². The summed E-state index contributed by atoms with van der Waals surface area (Å²) in [6, 6.07) is 56.9. The molecule has 0 radical (unpaired) electrons. The van der Waals surface area contributed by atoms with Crippen molar-refractivity contribution in [2.45, 2.75) is 0 Å². The molecule has 1 nitrogen and oxygen atoms in total. The van der Waals surface area contributed by atoms with Crippen molar-refractivity contribution in [2.24, 2.45) is 0 Å². The molecule has 0 saturated heterocycles. The third-order valence-corrected chi connectivity index (χ3v) is 8.84. The highest BCUT2D eigenvalue weighted by molar-refractivity contribution is 6.21. The Kier molecular flexibility index (Phi) is 5.27. The van der Waals surface area contributed by atoms with Gasteiger partial charge in [-0.05, 0) is 90.0 Å². The van der Waals surface area contributed by atoms with Gasteiger partial charge in [0.1, 0.15) is 11.2 Å². The van der Waals surface area contributed by atoms with Crippen molar-refractivity contribution >= 4 is 54.3 Å². The fourth-order valence-electron chi connectivity index (χ4n) is 6.83. The summed E-state index contributed by atoms with van der Waals surface area (Å²) in [7, 11) is 0. The average molecular weight is 547 g/mol. The number of hydrogen-bond acceptors (Lipinski definition) is 1. The number of rotatable bonds is 3. The van der Waals surface area contributed by atoms with Crippen molar-refractivity contribution < 1.29 is 4.42 Å². The van der Waals surface area contributed by atoms with Crippen LogP contribution in [0.15, 0.2) is 162 Å². The molecule has 8 aromatic carbocycles. The van der Waals surface area contributed by atoms with Gasteiger partial charge in [-0.2, -0.15) is 0 Å². The number of fused-ring (bicyclic) bond motifs is 6. The Hall–Kier alpha value is -5.66. The number of hydrogen-bond donors (Lipinski definition) is 0. The first-order valence-corrected chi connectivity index (χ1v) is 14.8. The second-order valence-electron chi connectivity index (χ2n) is 11.3. The Morgan fingerprint density at radius 2 is 0.791 bits per heavy atom. The summed E-state index contributed by atoms with van der Waals surface area (Å²) in [6.45, 7) is 0. The van der Waals surface area contributed by atoms with Crippen molar-refractivity contribution in [3.8, 4) is 33.4 Å². The van der Waals surface area contributed by atoms with Crippen molar-refractivity contribution in [3.05, 3.63) is 158 Å². The summed E-state index contributed by atoms with van der Waals surface area (Å²) in [5.41, 5.74) is 9.33. The van der Waals surface area contributed by atoms with Gasteiger partial charge < -0.3 is 4.42 Å². The zero-order valence-electron chi connectivity index (χ0n) is 23.4. The fourth-order valence-corrected chi connectivity index (χ4v) is 6.83. The topological polar surface area (TPSA) is 13.1 Å². The molecule has 1 heterocycles. The zero-order valence-corrected chi connectivity index (χ0v) is 23.4. The van der Waals surface area contributed by atoms with Crippen molar-refractivity contribution in [1.29, 1.82) is 0 Å². The second-order valence-corrected chi connectivity index (χ2v) is 11.3. The molecule has 0 saturated carbocycles. The minimum absolute atomic E-state index is 0.931. The minimum Gasteiger partial charge on any atom is -0.456 e. The van der Waals surface area contributed by atoms with Gasteiger partial charge in [-0.25, -0.2) is 0 Å². The minimum atomic E-state index is 0.931. The average Bonchev–Trinajstić information content (AvgIpc) is 3.43. The lowest BCUT2D eigenvalue weighted by atomic mass is 9.85. The Morgan fingerprint density at radius 3 is 1.44 bits per heavy atom. The molecule has 1 heteroatoms. The van der Waals surface area contributed by atoms with Crippen molar-refractivity contribution in [2.75, 3.05) is 0 Å². The first kappa shape index (κ1) is 24.0. The molecule has 9 aromatic rings. The van der Waals surface area contributed by atoms with Gasteiger partial charge in [0.15, 0.2) is 0 Å². The standard InChI is InChI=1S/C42H26O/c1-2-10-28(11-3-1)41-34-13-4-6-15-36(34)42(37-16-7-5-14-35(37)41)29-20-18-27(19-21-29)30-22-23-31-26-40-38(25-32(31)24-30)33-12-8-9-17-39(33)43-40/h1-26H. The van der Waals surface area contributed by atoms with Crippen LogP contribution in [0.5, 0.6) is 0 Å². The maximum absolute atomic E-state index is 6.12. The predicted molar refractivity (Wildman–Crippen MR) is 183 cm³/mol. The van der Waals surface area contributed by atoms with Crippen LogP contribution in [0.2, 0.25) is 0 Å². The highest BCUT2D eigenvalue weighted by Crippen LogP contribution is 2.44. The maximum Gasteiger partial charge on any atom is 0.136 e. The molecule has 0 spiro atoms. The smallest absolute Gasteiger partial charge is 0.136 e. The van der Waals surface area contributed by atoms with E-state index >= 15 is 0 Å². The van der Waals surface area contributed by atoms with E-state index in [-0.39, 0.29) is 0 Å². The molecule has 0 aliphatic carbocycles. The summed E-state index contributed by atoms with van der Waals surface area (Å²) in [5, 5.41) is 9.82. The lowest BCUT2D eigenvalue weighted by molar-refractivity contribution is 0.669. The van der Waals surface area contributed by atoms with Crippen molar-refractivity contribution in [1.82, 2.24) is 0 Å². The Labute approximate surface area is 249 Å². The number of furan rings is 1. The van der Waals surface area contributed by atoms with Gasteiger partial charge in [-0.1, -0.05) is 133 Å². The van der Waals surface area contributed by atoms with Crippen LogP contribution in [0.4, 0.5) is 0 Å². The van der Waals surface area contributed by atoms with E-state index in [0.717, 1.165) is 21.9 Å². The molecule has 0 aliphatic rings. The molecule has 0 fully saturated rings. The van der Waals surface area contributed by atoms with E-state index in [2.05, 4.69) is 146 Å². The monoisotopic (exact) mass is 546 g/mol. The molecular weight excluding hydrogens is 520 g/mol. The van der Waals surface area contributed by atoms with Gasteiger partial charge in [0.25, 0.3) is 0 Å². The molecule has 0 aliphatic heterocycles. The van der Waals surface area contributed by atoms with Crippen LogP contribution in [-0.2, 0) is 0 Å². The van der Waals surface area contributed by atoms with Gasteiger partial charge in [0, 0.05) is 10.8 Å². The van der Waals surface area contributed by atoms with E-state index in [0.29, 0.717) is 0 Å². The third-order valence-electron chi connectivity index (χ3n) is 8.84. The lowest BCUT2D eigenvalue weighted by Gasteiger charge is -2.18. The van der Waals surface area contributed by atoms with Gasteiger partial charge in [0.05, 0.1) is 0 Å². The quantitative estimate of drug-likeness (QED) is 0.201. The molecule has 0 amide bonds. The number of benzene rings is 8. The Bertz CT molecular complexity index is 2420. The van der Waals surface area contributed by atoms with Crippen LogP contribution in [0, 0.1) is 0 Å². The first-order valence-electron chi connectivity index (χ1n) is 14.8. The summed E-state index contributed by atoms with van der Waals surface area (Å²) in [5.74, 6) is 0. The van der Waals surface area contributed by atoms with Crippen LogP contribution in [0.3, 0.4) is 0 Å². The molecule has 200 valence electrons. The Morgan fingerprint density at radius 1 is 0.279 bits per heavy atom. The van der Waals surface area contributed by atoms with E-state index < -0.39 is 0 Å². The molecule has 0 bridgehead atoms. The van der Waals surface area contributed by atoms with Gasteiger partial charge in [-0.3, -0.25) is 0 Å². The van der Waals surface area contributed by atoms with E-state index in [1.165, 1.54) is 65.7 Å². The van der Waals surface area contributed by atoms with Crippen molar-refractivity contribution in [3.63, 3.8) is 0 Å². The normalized spacial score (nSPS) is 11.7. The summed E-state index contributed by atoms with van der Waals surface area (Å²) in [4.78, 5) is 0. The first-order chi connectivity index (χ1) is 21.3. The molecule has 9 rings (SSSR count). The SMILES string of the molecule is c1ccc(-c2c3ccccc3c(-c3ccc(-c4ccc5cc6oc7ccccc7c6cc5c4)cc3)c3ccccc23)cc1. The van der Waals surface area contributed by atoms with Crippen LogP contribution in [-0.4, -0.2) is 0 Å². The molecule has 1 aromatic heterocycles. The fraction of sp³-hybridized carbons (Fsp3) is 0. The Balaban J connectivity index is 1.19.